The maximum atomic E-state index is 11.1. The third-order valence-electron chi connectivity index (χ3n) is 4.62. The summed E-state index contributed by atoms with van der Waals surface area (Å²) in [5.74, 6) is -0.613. The van der Waals surface area contributed by atoms with Gasteiger partial charge in [0.25, 0.3) is 0 Å². The predicted octanol–water partition coefficient (Wildman–Crippen LogP) is 3.66. The summed E-state index contributed by atoms with van der Waals surface area (Å²) in [5.41, 5.74) is 1.12. The van der Waals surface area contributed by atoms with Gasteiger partial charge in [-0.1, -0.05) is 50.3 Å². The molecular formula is C19H26O4. The fourth-order valence-electron chi connectivity index (χ4n) is 3.29. The van der Waals surface area contributed by atoms with Gasteiger partial charge in [0.1, 0.15) is 0 Å². The molecule has 0 aliphatic carbocycles. The first-order chi connectivity index (χ1) is 11.0. The average Bonchev–Trinajstić information content (AvgIpc) is 2.52. The van der Waals surface area contributed by atoms with E-state index in [4.69, 9.17) is 14.6 Å². The van der Waals surface area contributed by atoms with Gasteiger partial charge in [-0.2, -0.15) is 0 Å². The lowest BCUT2D eigenvalue weighted by atomic mass is 9.80. The summed E-state index contributed by atoms with van der Waals surface area (Å²) in [4.78, 5) is 11.1. The van der Waals surface area contributed by atoms with Crippen LogP contribution >= 0.6 is 0 Å². The Balaban J connectivity index is 2.08. The van der Waals surface area contributed by atoms with Gasteiger partial charge in [-0.3, -0.25) is 4.79 Å². The number of carboxylic acids is 1. The molecule has 1 aliphatic heterocycles. The van der Waals surface area contributed by atoms with Crippen molar-refractivity contribution in [2.24, 2.45) is 11.8 Å². The summed E-state index contributed by atoms with van der Waals surface area (Å²) >= 11 is 0. The molecule has 4 nitrogen and oxygen atoms in total. The van der Waals surface area contributed by atoms with Crippen molar-refractivity contribution in [2.75, 3.05) is 0 Å². The number of carbonyl (C=O) groups is 1. The van der Waals surface area contributed by atoms with Gasteiger partial charge < -0.3 is 14.6 Å². The highest BCUT2D eigenvalue weighted by Crippen LogP contribution is 2.35. The van der Waals surface area contributed by atoms with Crippen LogP contribution in [0, 0.1) is 11.8 Å². The first-order valence-corrected chi connectivity index (χ1v) is 8.16. The first-order valence-electron chi connectivity index (χ1n) is 8.16. The molecule has 0 spiro atoms. The minimum absolute atomic E-state index is 0.00667. The van der Waals surface area contributed by atoms with E-state index in [9.17, 15) is 4.79 Å². The fraction of sp³-hybridized carbons (Fsp3) is 0.526. The molecular weight excluding hydrogens is 292 g/mol. The third kappa shape index (κ3) is 4.66. The highest BCUT2D eigenvalue weighted by atomic mass is 16.5. The van der Waals surface area contributed by atoms with Crippen LogP contribution in [0.1, 0.15) is 32.3 Å². The summed E-state index contributed by atoms with van der Waals surface area (Å²) in [6.45, 7) is 8.43. The summed E-state index contributed by atoms with van der Waals surface area (Å²) < 4.78 is 12.2. The van der Waals surface area contributed by atoms with Crippen molar-refractivity contribution >= 4 is 5.97 Å². The average molecular weight is 318 g/mol. The van der Waals surface area contributed by atoms with Crippen molar-refractivity contribution < 1.29 is 19.4 Å². The Morgan fingerprint density at radius 2 is 1.91 bits per heavy atom. The van der Waals surface area contributed by atoms with Gasteiger partial charge in [0.2, 0.25) is 0 Å². The predicted molar refractivity (Wildman–Crippen MR) is 89.1 cm³/mol. The van der Waals surface area contributed by atoms with Crippen molar-refractivity contribution in [2.45, 2.75) is 51.6 Å². The number of ether oxygens (including phenoxy) is 2. The standard InChI is InChI=1S/C19H26O4/c1-4-8-16-13(2)19(14(3)17(23-16)11-18(20)21)22-12-15-9-6-5-7-10-15/h4-7,9-10,13-14,16-17,19H,1,8,11-12H2,2-3H3,(H,20,21)/t13-,14+,16-,17-,19-/m1/s1. The second kappa shape index (κ2) is 8.27. The maximum absolute atomic E-state index is 11.1. The van der Waals surface area contributed by atoms with E-state index in [-0.39, 0.29) is 36.6 Å². The van der Waals surface area contributed by atoms with Crippen molar-refractivity contribution in [3.63, 3.8) is 0 Å². The second-order valence-electron chi connectivity index (χ2n) is 6.31. The molecule has 1 aromatic rings. The van der Waals surface area contributed by atoms with Gasteiger partial charge in [-0.05, 0) is 12.0 Å². The van der Waals surface area contributed by atoms with Crippen LogP contribution in [-0.2, 0) is 20.9 Å². The number of aliphatic carboxylic acids is 1. The van der Waals surface area contributed by atoms with Crippen molar-refractivity contribution in [3.05, 3.63) is 48.6 Å². The van der Waals surface area contributed by atoms with Gasteiger partial charge in [-0.15, -0.1) is 6.58 Å². The van der Waals surface area contributed by atoms with Crippen molar-refractivity contribution in [3.8, 4) is 0 Å². The number of hydrogen-bond donors (Lipinski definition) is 1. The Kier molecular flexibility index (Phi) is 6.37. The Morgan fingerprint density at radius 3 is 2.52 bits per heavy atom. The molecule has 0 aromatic heterocycles. The SMILES string of the molecule is C=CC[C@H]1O[C@H](CC(=O)O)[C@H](C)[C@H](OCc2ccccc2)[C@@H]1C. The molecule has 1 aromatic carbocycles. The smallest absolute Gasteiger partial charge is 0.305 e. The fourth-order valence-corrected chi connectivity index (χ4v) is 3.29. The van der Waals surface area contributed by atoms with Crippen LogP contribution < -0.4 is 0 Å². The van der Waals surface area contributed by atoms with Crippen LogP contribution in [0.25, 0.3) is 0 Å². The van der Waals surface area contributed by atoms with E-state index >= 15 is 0 Å². The van der Waals surface area contributed by atoms with Crippen LogP contribution in [0.5, 0.6) is 0 Å². The number of benzene rings is 1. The number of carboxylic acid groups (broad SMARTS) is 1. The van der Waals surface area contributed by atoms with Crippen molar-refractivity contribution in [1.29, 1.82) is 0 Å². The van der Waals surface area contributed by atoms with Crippen LogP contribution in [0.4, 0.5) is 0 Å². The van der Waals surface area contributed by atoms with E-state index in [2.05, 4.69) is 13.5 Å². The Bertz CT molecular complexity index is 513. The molecule has 0 unspecified atom stereocenters. The van der Waals surface area contributed by atoms with Gasteiger partial charge in [0, 0.05) is 11.8 Å². The molecule has 1 N–H and O–H groups in total. The molecule has 0 bridgehead atoms. The van der Waals surface area contributed by atoms with Crippen molar-refractivity contribution in [1.82, 2.24) is 0 Å². The van der Waals surface area contributed by atoms with Gasteiger partial charge in [0.15, 0.2) is 0 Å². The summed E-state index contributed by atoms with van der Waals surface area (Å²) in [6.07, 6.45) is 2.13. The molecule has 1 saturated heterocycles. The molecule has 1 fully saturated rings. The summed E-state index contributed by atoms with van der Waals surface area (Å²) in [5, 5.41) is 9.12. The topological polar surface area (TPSA) is 55.8 Å². The Morgan fingerprint density at radius 1 is 1.26 bits per heavy atom. The molecule has 0 amide bonds. The summed E-state index contributed by atoms with van der Waals surface area (Å²) in [6, 6.07) is 10.0. The van der Waals surface area contributed by atoms with Crippen LogP contribution in [0.3, 0.4) is 0 Å². The normalized spacial score (nSPS) is 30.8. The molecule has 23 heavy (non-hydrogen) atoms. The highest BCUT2D eigenvalue weighted by Gasteiger charge is 2.42. The van der Waals surface area contributed by atoms with Gasteiger partial charge in [0.05, 0.1) is 31.3 Å². The van der Waals surface area contributed by atoms with Gasteiger partial charge >= 0.3 is 5.97 Å². The minimum Gasteiger partial charge on any atom is -0.481 e. The lowest BCUT2D eigenvalue weighted by molar-refractivity contribution is -0.189. The van der Waals surface area contributed by atoms with Crippen LogP contribution in [0.15, 0.2) is 43.0 Å². The Labute approximate surface area is 138 Å². The number of rotatable bonds is 7. The van der Waals surface area contributed by atoms with E-state index in [0.29, 0.717) is 13.0 Å². The highest BCUT2D eigenvalue weighted by molar-refractivity contribution is 5.67. The molecule has 1 aliphatic rings. The summed E-state index contributed by atoms with van der Waals surface area (Å²) in [7, 11) is 0. The van der Waals surface area contributed by atoms with Gasteiger partial charge in [-0.25, -0.2) is 0 Å². The zero-order valence-corrected chi connectivity index (χ0v) is 13.9. The molecule has 126 valence electrons. The second-order valence-corrected chi connectivity index (χ2v) is 6.31. The van der Waals surface area contributed by atoms with E-state index in [1.807, 2.05) is 43.3 Å². The molecule has 0 saturated carbocycles. The van der Waals surface area contributed by atoms with E-state index in [1.165, 1.54) is 0 Å². The quantitative estimate of drug-likeness (QED) is 0.780. The number of hydrogen-bond acceptors (Lipinski definition) is 3. The largest absolute Gasteiger partial charge is 0.481 e. The van der Waals surface area contributed by atoms with E-state index < -0.39 is 5.97 Å². The zero-order valence-electron chi connectivity index (χ0n) is 13.9. The van der Waals surface area contributed by atoms with Crippen LogP contribution in [0.2, 0.25) is 0 Å². The lowest BCUT2D eigenvalue weighted by Crippen LogP contribution is -2.50. The minimum atomic E-state index is -0.837. The Hall–Kier alpha value is -1.65. The molecule has 1 heterocycles. The maximum Gasteiger partial charge on any atom is 0.305 e. The monoisotopic (exact) mass is 318 g/mol. The molecule has 2 rings (SSSR count). The van der Waals surface area contributed by atoms with E-state index in [1.54, 1.807) is 0 Å². The first kappa shape index (κ1) is 17.7. The molecule has 0 radical (unpaired) electrons. The third-order valence-corrected chi connectivity index (χ3v) is 4.62. The van der Waals surface area contributed by atoms with Crippen LogP contribution in [-0.4, -0.2) is 29.4 Å². The molecule has 5 atom stereocenters. The lowest BCUT2D eigenvalue weighted by Gasteiger charge is -2.44. The molecule has 4 heteroatoms. The zero-order chi connectivity index (χ0) is 16.8. The van der Waals surface area contributed by atoms with E-state index in [0.717, 1.165) is 5.56 Å².